The number of carbonyl (C=O) groups excluding carboxylic acids is 2. The van der Waals surface area contributed by atoms with Crippen molar-refractivity contribution in [2.75, 3.05) is 26.2 Å². The molecule has 4 fully saturated rings. The first kappa shape index (κ1) is 64.4. The Balaban J connectivity index is 0.000000166. The van der Waals surface area contributed by atoms with Gasteiger partial charge in [0.2, 0.25) is 22.4 Å². The average Bonchev–Trinajstić information content (AvgIpc) is 4.29. The van der Waals surface area contributed by atoms with Gasteiger partial charge in [-0.25, -0.2) is 19.9 Å². The van der Waals surface area contributed by atoms with E-state index >= 15 is 0 Å². The lowest BCUT2D eigenvalue weighted by molar-refractivity contribution is -0.131. The molecule has 2 aromatic carbocycles. The smallest absolute Gasteiger partial charge is 0.405 e. The van der Waals surface area contributed by atoms with Gasteiger partial charge in [-0.1, -0.05) is 100 Å². The van der Waals surface area contributed by atoms with Crippen LogP contribution in [0.15, 0.2) is 65.4 Å². The van der Waals surface area contributed by atoms with Crippen molar-refractivity contribution in [1.29, 1.82) is 0 Å². The van der Waals surface area contributed by atoms with Crippen LogP contribution in [0.25, 0.3) is 11.3 Å². The molecule has 0 bridgehead atoms. The Morgan fingerprint density at radius 3 is 1.41 bits per heavy atom. The van der Waals surface area contributed by atoms with Gasteiger partial charge in [0.1, 0.15) is 5.15 Å². The van der Waals surface area contributed by atoms with Gasteiger partial charge in [0.15, 0.2) is 0 Å². The van der Waals surface area contributed by atoms with Crippen molar-refractivity contribution in [1.82, 2.24) is 29.7 Å². The number of aromatic nitrogens is 4. The molecule has 4 aliphatic heterocycles. The van der Waals surface area contributed by atoms with Crippen molar-refractivity contribution in [2.45, 2.75) is 208 Å². The largest absolute Gasteiger partial charge is 0.488 e. The predicted molar refractivity (Wildman–Crippen MR) is 329 cm³/mol. The molecular weight excluding hydrogens is 1130 g/mol. The summed E-state index contributed by atoms with van der Waals surface area (Å²) in [6, 6.07) is 16.7. The normalized spacial score (nSPS) is 23.7. The topological polar surface area (TPSA) is 129 Å². The Morgan fingerprint density at radius 2 is 1.01 bits per heavy atom. The second-order valence-electron chi connectivity index (χ2n) is 27.0. The molecular formula is C62H88B2BrCl3N6O6. The number of fused-ring (bicyclic) bond motifs is 2. The summed E-state index contributed by atoms with van der Waals surface area (Å²) in [5.74, 6) is 2.64. The van der Waals surface area contributed by atoms with E-state index in [1.807, 2.05) is 61.5 Å². The van der Waals surface area contributed by atoms with Crippen molar-refractivity contribution in [3.63, 3.8) is 0 Å². The standard InChI is InChI=1S/C25H32ClN3O.C21H30BrNO.C12H24B2O4.C4H2Cl2N2/c1-25(2,3)20-11-13-29(16-20)23(30)15-18-7-5-4-6-17-14-19(8-9-21(17)18)22-10-12-27-24(26)28-22;1-21(2,3)17-10-11-23(14-17)20(24)13-16-7-5-4-6-15-12-18(22)8-9-19(15)16;1-9(2)10(3,4)16-13(15-9)14-17-11(5,6)12(7,8)18-14;5-3-1-2-7-4(6)8-3/h8-10,12,14,18,20H,4-7,11,13,15-16H2,1-3H3;8-9,12,16-17H,4-7,10-11,13-14H2,1-3H3;1-8H3;1-2H. The van der Waals surface area contributed by atoms with E-state index in [-0.39, 0.29) is 38.4 Å². The SMILES string of the molecule is CC(C)(C)C1CCN(C(=O)CC2CCCCc3cc(-c4ccnc(Cl)n4)ccc32)C1.CC(C)(C)C1CCN(C(=O)CC2CCCCc3cc(Br)ccc32)C1.CC1(C)OB(B2OC(C)(C)C(C)(C)O2)OC1(C)C.Clc1ccnc(Cl)n1. The highest BCUT2D eigenvalue weighted by Gasteiger charge is 2.63. The van der Waals surface area contributed by atoms with Crippen LogP contribution in [0.3, 0.4) is 0 Å². The number of nitrogens with zero attached hydrogens (tertiary/aromatic N) is 6. The minimum absolute atomic E-state index is 0.178. The first-order valence-electron chi connectivity index (χ1n) is 29.1. The predicted octanol–water partition coefficient (Wildman–Crippen LogP) is 15.5. The first-order chi connectivity index (χ1) is 37.3. The van der Waals surface area contributed by atoms with Crippen molar-refractivity contribution >= 4 is 76.6 Å². The molecule has 2 aliphatic carbocycles. The van der Waals surface area contributed by atoms with E-state index in [0.29, 0.717) is 58.9 Å². The molecule has 18 heteroatoms. The lowest BCUT2D eigenvalue weighted by Gasteiger charge is -2.32. The third-order valence-corrected chi connectivity index (χ3v) is 19.3. The molecule has 10 rings (SSSR count). The number of aryl methyl sites for hydroxylation is 2. The third kappa shape index (κ3) is 16.6. The van der Waals surface area contributed by atoms with Crippen LogP contribution in [-0.2, 0) is 41.0 Å². The van der Waals surface area contributed by atoms with Crippen LogP contribution in [0.2, 0.25) is 15.7 Å². The van der Waals surface area contributed by atoms with E-state index in [1.54, 1.807) is 12.3 Å². The molecule has 4 saturated heterocycles. The van der Waals surface area contributed by atoms with E-state index in [4.69, 9.17) is 53.4 Å². The highest BCUT2D eigenvalue weighted by atomic mass is 79.9. The minimum atomic E-state index is -0.476. The van der Waals surface area contributed by atoms with Gasteiger partial charge in [-0.15, -0.1) is 0 Å². The molecule has 80 heavy (non-hydrogen) atoms. The van der Waals surface area contributed by atoms with E-state index in [2.05, 4.69) is 124 Å². The molecule has 6 heterocycles. The second kappa shape index (κ2) is 26.4. The molecule has 4 aromatic rings. The van der Waals surface area contributed by atoms with Crippen LogP contribution in [0.4, 0.5) is 0 Å². The van der Waals surface area contributed by atoms with Crippen molar-refractivity contribution in [3.8, 4) is 11.3 Å². The number of hydrogen-bond acceptors (Lipinski definition) is 10. The summed E-state index contributed by atoms with van der Waals surface area (Å²) >= 11 is 20.3. The Hall–Kier alpha value is -3.14. The summed E-state index contributed by atoms with van der Waals surface area (Å²) in [6.07, 6.45) is 16.0. The molecule has 2 amide bonds. The zero-order valence-electron chi connectivity index (χ0n) is 50.2. The average molecular weight is 1220 g/mol. The van der Waals surface area contributed by atoms with Gasteiger partial charge in [0.05, 0.1) is 28.1 Å². The van der Waals surface area contributed by atoms with Crippen LogP contribution in [0.1, 0.15) is 195 Å². The Labute approximate surface area is 503 Å². The van der Waals surface area contributed by atoms with E-state index in [0.717, 1.165) is 80.4 Å². The maximum Gasteiger partial charge on any atom is 0.488 e. The summed E-state index contributed by atoms with van der Waals surface area (Å²) < 4.78 is 25.0. The number of hydrogen-bond donors (Lipinski definition) is 0. The summed E-state index contributed by atoms with van der Waals surface area (Å²) in [5, 5.41) is 0.813. The zero-order valence-corrected chi connectivity index (χ0v) is 54.0. The maximum absolute atomic E-state index is 13.1. The molecule has 12 nitrogen and oxygen atoms in total. The van der Waals surface area contributed by atoms with E-state index < -0.39 is 14.0 Å². The summed E-state index contributed by atoms with van der Waals surface area (Å²) in [7, 11) is -0.952. The van der Waals surface area contributed by atoms with Crippen LogP contribution in [0.5, 0.6) is 0 Å². The van der Waals surface area contributed by atoms with Crippen molar-refractivity contribution < 1.29 is 28.2 Å². The molecule has 0 saturated carbocycles. The molecule has 0 radical (unpaired) electrons. The van der Waals surface area contributed by atoms with Crippen LogP contribution < -0.4 is 0 Å². The van der Waals surface area contributed by atoms with Crippen molar-refractivity contribution in [3.05, 3.63) is 103 Å². The fraction of sp³-hybridized carbons (Fsp3) is 0.645. The third-order valence-electron chi connectivity index (χ3n) is 18.3. The second-order valence-corrected chi connectivity index (χ2v) is 29.0. The molecule has 436 valence electrons. The summed E-state index contributed by atoms with van der Waals surface area (Å²) in [5.41, 5.74) is 6.59. The summed E-state index contributed by atoms with van der Waals surface area (Å²) in [4.78, 5) is 45.8. The van der Waals surface area contributed by atoms with Gasteiger partial charge in [-0.3, -0.25) is 9.59 Å². The number of rotatable bonds is 6. The number of carbonyl (C=O) groups is 2. The molecule has 4 unspecified atom stereocenters. The Bertz CT molecular complexity index is 2690. The Kier molecular flexibility index (Phi) is 21.3. The quantitative estimate of drug-likeness (QED) is 0.0796. The number of likely N-dealkylation sites (tertiary alicyclic amines) is 2. The van der Waals surface area contributed by atoms with Gasteiger partial charge in [0.25, 0.3) is 0 Å². The molecule has 2 aromatic heterocycles. The van der Waals surface area contributed by atoms with Gasteiger partial charge in [-0.05, 0) is 217 Å². The lowest BCUT2D eigenvalue weighted by Crippen LogP contribution is -2.41. The maximum atomic E-state index is 13.1. The minimum Gasteiger partial charge on any atom is -0.405 e. The Morgan fingerprint density at radius 1 is 0.588 bits per heavy atom. The number of halogens is 4. The fourth-order valence-corrected chi connectivity index (χ4v) is 12.5. The van der Waals surface area contributed by atoms with Gasteiger partial charge < -0.3 is 28.4 Å². The highest BCUT2D eigenvalue weighted by molar-refractivity contribution is 9.10. The molecule has 0 N–H and O–H groups in total. The first-order valence-corrected chi connectivity index (χ1v) is 31.1. The molecule has 6 aliphatic rings. The van der Waals surface area contributed by atoms with E-state index in [1.165, 1.54) is 54.1 Å². The lowest BCUT2D eigenvalue weighted by atomic mass is 9.49. The number of benzene rings is 2. The molecule has 4 atom stereocenters. The highest BCUT2D eigenvalue weighted by Crippen LogP contribution is 2.44. The monoisotopic (exact) mass is 1220 g/mol. The van der Waals surface area contributed by atoms with E-state index in [9.17, 15) is 9.59 Å². The van der Waals surface area contributed by atoms with Gasteiger partial charge in [0, 0.05) is 61.5 Å². The van der Waals surface area contributed by atoms with Gasteiger partial charge in [-0.2, -0.15) is 0 Å². The molecule has 0 spiro atoms. The zero-order chi connectivity index (χ0) is 58.6. The number of amides is 2. The van der Waals surface area contributed by atoms with Crippen LogP contribution in [0, 0.1) is 22.7 Å². The van der Waals surface area contributed by atoms with Crippen LogP contribution >= 0.6 is 50.7 Å². The summed E-state index contributed by atoms with van der Waals surface area (Å²) in [6.45, 7) is 33.7. The van der Waals surface area contributed by atoms with Crippen molar-refractivity contribution in [2.24, 2.45) is 22.7 Å². The van der Waals surface area contributed by atoms with Crippen LogP contribution in [-0.4, -0.2) is 104 Å². The van der Waals surface area contributed by atoms with Gasteiger partial charge >= 0.3 is 14.0 Å². The fourth-order valence-electron chi connectivity index (χ4n) is 11.6.